The lowest BCUT2D eigenvalue weighted by atomic mass is 9.79. The minimum atomic E-state index is 0.442. The van der Waals surface area contributed by atoms with Crippen LogP contribution in [0.1, 0.15) is 65.7 Å². The second-order valence-electron chi connectivity index (χ2n) is 7.35. The van der Waals surface area contributed by atoms with Gasteiger partial charge in [-0.1, -0.05) is 20.3 Å². The summed E-state index contributed by atoms with van der Waals surface area (Å²) in [4.78, 5) is 2.75. The van der Waals surface area contributed by atoms with E-state index in [1.807, 2.05) is 0 Å². The van der Waals surface area contributed by atoms with Gasteiger partial charge in [-0.3, -0.25) is 0 Å². The van der Waals surface area contributed by atoms with Crippen LogP contribution in [0.5, 0.6) is 0 Å². The minimum absolute atomic E-state index is 0.442. The van der Waals surface area contributed by atoms with Gasteiger partial charge in [0, 0.05) is 38.4 Å². The van der Waals surface area contributed by atoms with Gasteiger partial charge in [0.1, 0.15) is 0 Å². The van der Waals surface area contributed by atoms with Gasteiger partial charge in [-0.05, 0) is 57.4 Å². The Kier molecular flexibility index (Phi) is 6.97. The molecule has 1 saturated heterocycles. The number of unbranched alkanes of at least 4 members (excludes halogenated alkanes) is 1. The molecule has 0 aromatic heterocycles. The van der Waals surface area contributed by atoms with Gasteiger partial charge in [0.15, 0.2) is 0 Å². The predicted octanol–water partition coefficient (Wildman–Crippen LogP) is 3.44. The van der Waals surface area contributed by atoms with Crippen molar-refractivity contribution in [2.75, 3.05) is 32.8 Å². The van der Waals surface area contributed by atoms with Crippen molar-refractivity contribution in [3.8, 4) is 0 Å². The van der Waals surface area contributed by atoms with Crippen molar-refractivity contribution in [3.05, 3.63) is 0 Å². The first-order chi connectivity index (χ1) is 10.2. The average Bonchev–Trinajstić information content (AvgIpc) is 3.34. The molecule has 0 aromatic carbocycles. The molecule has 21 heavy (non-hydrogen) atoms. The highest BCUT2D eigenvalue weighted by molar-refractivity contribution is 4.91. The Labute approximate surface area is 131 Å². The third kappa shape index (κ3) is 5.54. The van der Waals surface area contributed by atoms with Crippen molar-refractivity contribution in [1.82, 2.24) is 10.2 Å². The van der Waals surface area contributed by atoms with Crippen LogP contribution in [0.3, 0.4) is 0 Å². The van der Waals surface area contributed by atoms with E-state index in [0.29, 0.717) is 11.5 Å². The van der Waals surface area contributed by atoms with E-state index < -0.39 is 0 Å². The molecule has 1 N–H and O–H groups in total. The van der Waals surface area contributed by atoms with E-state index in [1.165, 1.54) is 64.6 Å². The smallest absolute Gasteiger partial charge is 0.0472 e. The first-order valence-electron chi connectivity index (χ1n) is 9.24. The molecule has 2 rings (SSSR count). The van der Waals surface area contributed by atoms with Gasteiger partial charge in [0.2, 0.25) is 0 Å². The quantitative estimate of drug-likeness (QED) is 0.668. The molecule has 2 fully saturated rings. The molecule has 124 valence electrons. The van der Waals surface area contributed by atoms with Crippen molar-refractivity contribution in [3.63, 3.8) is 0 Å². The molecule has 1 aliphatic heterocycles. The molecule has 0 spiro atoms. The highest BCUT2D eigenvalue weighted by Crippen LogP contribution is 2.33. The van der Waals surface area contributed by atoms with Crippen molar-refractivity contribution in [2.24, 2.45) is 5.41 Å². The van der Waals surface area contributed by atoms with E-state index in [9.17, 15) is 0 Å². The Morgan fingerprint density at radius 3 is 2.52 bits per heavy atom. The zero-order valence-corrected chi connectivity index (χ0v) is 14.5. The van der Waals surface area contributed by atoms with Crippen molar-refractivity contribution < 1.29 is 4.74 Å². The van der Waals surface area contributed by atoms with Crippen LogP contribution < -0.4 is 5.32 Å². The second kappa shape index (κ2) is 8.50. The number of nitrogens with one attached hydrogen (secondary N) is 1. The van der Waals surface area contributed by atoms with Crippen LogP contribution in [-0.4, -0.2) is 49.8 Å². The Bertz CT molecular complexity index is 285. The molecule has 1 saturated carbocycles. The van der Waals surface area contributed by atoms with Gasteiger partial charge in [0.25, 0.3) is 0 Å². The normalized spacial score (nSPS) is 23.4. The molecule has 0 amide bonds. The summed E-state index contributed by atoms with van der Waals surface area (Å²) in [5.74, 6) is 0. The third-order valence-corrected chi connectivity index (χ3v) is 5.45. The van der Waals surface area contributed by atoms with E-state index in [1.54, 1.807) is 0 Å². The van der Waals surface area contributed by atoms with Crippen molar-refractivity contribution in [2.45, 2.75) is 77.8 Å². The third-order valence-electron chi connectivity index (χ3n) is 5.45. The van der Waals surface area contributed by atoms with Gasteiger partial charge in [0.05, 0.1) is 0 Å². The van der Waals surface area contributed by atoms with Gasteiger partial charge in [-0.25, -0.2) is 0 Å². The molecule has 3 heteroatoms. The molecule has 1 atom stereocenters. The molecular formula is C18H36N2O. The molecule has 1 unspecified atom stereocenters. The Morgan fingerprint density at radius 1 is 1.24 bits per heavy atom. The maximum atomic E-state index is 5.65. The molecule has 0 aromatic rings. The highest BCUT2D eigenvalue weighted by Gasteiger charge is 2.36. The van der Waals surface area contributed by atoms with Crippen LogP contribution >= 0.6 is 0 Å². The van der Waals surface area contributed by atoms with Gasteiger partial charge < -0.3 is 15.0 Å². The monoisotopic (exact) mass is 296 g/mol. The Morgan fingerprint density at radius 2 is 1.95 bits per heavy atom. The van der Waals surface area contributed by atoms with Gasteiger partial charge >= 0.3 is 0 Å². The van der Waals surface area contributed by atoms with Crippen molar-refractivity contribution >= 4 is 0 Å². The second-order valence-corrected chi connectivity index (χ2v) is 7.35. The van der Waals surface area contributed by atoms with E-state index in [-0.39, 0.29) is 0 Å². The summed E-state index contributed by atoms with van der Waals surface area (Å²) < 4.78 is 5.65. The maximum absolute atomic E-state index is 5.65. The Balaban J connectivity index is 1.95. The minimum Gasteiger partial charge on any atom is -0.381 e. The highest BCUT2D eigenvalue weighted by atomic mass is 16.5. The number of nitrogens with zero attached hydrogens (tertiary/aromatic N) is 1. The van der Waals surface area contributed by atoms with Crippen LogP contribution in [0.4, 0.5) is 0 Å². The molecule has 2 aliphatic rings. The molecule has 0 bridgehead atoms. The Hall–Kier alpha value is -0.120. The van der Waals surface area contributed by atoms with Crippen LogP contribution in [0.2, 0.25) is 0 Å². The lowest BCUT2D eigenvalue weighted by Crippen LogP contribution is -2.50. The summed E-state index contributed by atoms with van der Waals surface area (Å²) in [6, 6.07) is 1.52. The number of hydrogen-bond acceptors (Lipinski definition) is 3. The fourth-order valence-electron chi connectivity index (χ4n) is 3.35. The first kappa shape index (κ1) is 17.2. The SMILES string of the molecule is CCCCN(CC1(CNC2CC2)CCOCC1)C(C)CC. The zero-order chi connectivity index (χ0) is 15.1. The predicted molar refractivity (Wildman–Crippen MR) is 89.7 cm³/mol. The van der Waals surface area contributed by atoms with Gasteiger partial charge in [-0.2, -0.15) is 0 Å². The maximum Gasteiger partial charge on any atom is 0.0472 e. The average molecular weight is 296 g/mol. The number of rotatable bonds is 10. The number of hydrogen-bond donors (Lipinski definition) is 1. The summed E-state index contributed by atoms with van der Waals surface area (Å²) in [5.41, 5.74) is 0.442. The van der Waals surface area contributed by atoms with Crippen LogP contribution in [0.25, 0.3) is 0 Å². The lowest BCUT2D eigenvalue weighted by Gasteiger charge is -2.43. The van der Waals surface area contributed by atoms with Crippen molar-refractivity contribution in [1.29, 1.82) is 0 Å². The summed E-state index contributed by atoms with van der Waals surface area (Å²) in [7, 11) is 0. The summed E-state index contributed by atoms with van der Waals surface area (Å²) in [6.45, 7) is 12.6. The summed E-state index contributed by atoms with van der Waals surface area (Å²) in [5, 5.41) is 3.80. The van der Waals surface area contributed by atoms with Crippen LogP contribution in [-0.2, 0) is 4.74 Å². The van der Waals surface area contributed by atoms with E-state index in [2.05, 4.69) is 31.0 Å². The summed E-state index contributed by atoms with van der Waals surface area (Å²) in [6.07, 6.45) is 9.11. The zero-order valence-electron chi connectivity index (χ0n) is 14.5. The molecular weight excluding hydrogens is 260 g/mol. The lowest BCUT2D eigenvalue weighted by molar-refractivity contribution is -0.0114. The first-order valence-corrected chi connectivity index (χ1v) is 9.24. The van der Waals surface area contributed by atoms with Crippen LogP contribution in [0.15, 0.2) is 0 Å². The number of ether oxygens (including phenoxy) is 1. The molecule has 0 radical (unpaired) electrons. The fraction of sp³-hybridized carbons (Fsp3) is 1.00. The van der Waals surface area contributed by atoms with E-state index in [4.69, 9.17) is 4.74 Å². The largest absolute Gasteiger partial charge is 0.381 e. The van der Waals surface area contributed by atoms with E-state index >= 15 is 0 Å². The standard InChI is InChI=1S/C18H36N2O/c1-4-6-11-20(16(3)5-2)15-18(9-12-21-13-10-18)14-19-17-7-8-17/h16-17,19H,4-15H2,1-3H3. The molecule has 1 aliphatic carbocycles. The van der Waals surface area contributed by atoms with Crippen LogP contribution in [0, 0.1) is 5.41 Å². The van der Waals surface area contributed by atoms with Gasteiger partial charge in [-0.15, -0.1) is 0 Å². The van der Waals surface area contributed by atoms with E-state index in [0.717, 1.165) is 19.3 Å². The summed E-state index contributed by atoms with van der Waals surface area (Å²) >= 11 is 0. The topological polar surface area (TPSA) is 24.5 Å². The fourth-order valence-corrected chi connectivity index (χ4v) is 3.35. The molecule has 1 heterocycles. The molecule has 3 nitrogen and oxygen atoms in total.